The Labute approximate surface area is 113 Å². The highest BCUT2D eigenvalue weighted by atomic mass is 35.5. The Hall–Kier alpha value is -0.940. The Bertz CT molecular complexity index is 441. The van der Waals surface area contributed by atoms with Gasteiger partial charge in [0.1, 0.15) is 5.69 Å². The summed E-state index contributed by atoms with van der Waals surface area (Å²) in [6.07, 6.45) is -3.16. The summed E-state index contributed by atoms with van der Waals surface area (Å²) in [4.78, 5) is 15.0. The van der Waals surface area contributed by atoms with E-state index in [2.05, 4.69) is 4.98 Å². The maximum absolute atomic E-state index is 12.8. The number of rotatable bonds is 5. The Morgan fingerprint density at radius 3 is 2.72 bits per heavy atom. The molecule has 0 aliphatic rings. The highest BCUT2D eigenvalue weighted by molar-refractivity contribution is 6.31. The number of pyridine rings is 1. The summed E-state index contributed by atoms with van der Waals surface area (Å²) in [5, 5.41) is 0.0454. The van der Waals surface area contributed by atoms with E-state index in [1.807, 2.05) is 0 Å². The van der Waals surface area contributed by atoms with Crippen LogP contribution in [0.1, 0.15) is 30.3 Å². The molecule has 3 nitrogen and oxygen atoms in total. The summed E-state index contributed by atoms with van der Waals surface area (Å²) < 4.78 is 30.4. The molecule has 0 aliphatic heterocycles. The highest BCUT2D eigenvalue weighted by Gasteiger charge is 2.21. The van der Waals surface area contributed by atoms with Gasteiger partial charge in [-0.25, -0.2) is 8.78 Å². The Morgan fingerprint density at radius 2 is 2.22 bits per heavy atom. The minimum Gasteiger partial charge on any atom is -0.466 e. The maximum Gasteiger partial charge on any atom is 0.310 e. The average molecular weight is 298 g/mol. The van der Waals surface area contributed by atoms with Gasteiger partial charge in [0.2, 0.25) is 0 Å². The van der Waals surface area contributed by atoms with Gasteiger partial charge in [0, 0.05) is 10.6 Å². The van der Waals surface area contributed by atoms with Crippen LogP contribution in [0.25, 0.3) is 0 Å². The van der Waals surface area contributed by atoms with Gasteiger partial charge in [0.05, 0.1) is 24.6 Å². The summed E-state index contributed by atoms with van der Waals surface area (Å²) in [7, 11) is 0. The van der Waals surface area contributed by atoms with Crippen molar-refractivity contribution in [2.45, 2.75) is 25.7 Å². The van der Waals surface area contributed by atoms with E-state index in [1.54, 1.807) is 6.92 Å². The van der Waals surface area contributed by atoms with Crippen molar-refractivity contribution in [2.24, 2.45) is 0 Å². The van der Waals surface area contributed by atoms with Crippen molar-refractivity contribution in [3.63, 3.8) is 0 Å². The molecule has 0 spiro atoms. The van der Waals surface area contributed by atoms with Gasteiger partial charge in [0.25, 0.3) is 6.43 Å². The van der Waals surface area contributed by atoms with Crippen molar-refractivity contribution in [1.29, 1.82) is 0 Å². The number of halogens is 4. The standard InChI is InChI=1S/C11H11Cl2F2NO2/c1-2-18-9(17)4-7-8(13)3-6(5-12)16-10(7)11(14)15/h3,11H,2,4-5H2,1H3. The number of esters is 1. The molecule has 0 saturated carbocycles. The zero-order valence-corrected chi connectivity index (χ0v) is 11.1. The molecule has 0 atom stereocenters. The van der Waals surface area contributed by atoms with E-state index in [4.69, 9.17) is 27.9 Å². The second-order valence-electron chi connectivity index (χ2n) is 3.38. The van der Waals surface area contributed by atoms with Gasteiger partial charge < -0.3 is 4.74 Å². The third-order valence-electron chi connectivity index (χ3n) is 2.12. The number of nitrogens with zero attached hydrogens (tertiary/aromatic N) is 1. The topological polar surface area (TPSA) is 39.2 Å². The number of aromatic nitrogens is 1. The lowest BCUT2D eigenvalue weighted by Gasteiger charge is -2.11. The van der Waals surface area contributed by atoms with Crippen molar-refractivity contribution in [3.05, 3.63) is 28.0 Å². The van der Waals surface area contributed by atoms with Crippen LogP contribution in [0.2, 0.25) is 5.02 Å². The highest BCUT2D eigenvalue weighted by Crippen LogP contribution is 2.28. The Morgan fingerprint density at radius 1 is 1.56 bits per heavy atom. The van der Waals surface area contributed by atoms with E-state index in [0.717, 1.165) is 0 Å². The molecule has 0 aliphatic carbocycles. The smallest absolute Gasteiger partial charge is 0.310 e. The molecule has 0 saturated heterocycles. The van der Waals surface area contributed by atoms with Crippen LogP contribution in [-0.2, 0) is 21.8 Å². The van der Waals surface area contributed by atoms with Gasteiger partial charge >= 0.3 is 5.97 Å². The van der Waals surface area contributed by atoms with Crippen LogP contribution in [0.5, 0.6) is 0 Å². The van der Waals surface area contributed by atoms with E-state index in [0.29, 0.717) is 0 Å². The van der Waals surface area contributed by atoms with E-state index in [-0.39, 0.29) is 35.2 Å². The SMILES string of the molecule is CCOC(=O)Cc1c(Cl)cc(CCl)nc1C(F)F. The molecule has 0 fully saturated rings. The fourth-order valence-corrected chi connectivity index (χ4v) is 1.82. The van der Waals surface area contributed by atoms with Crippen molar-refractivity contribution in [3.8, 4) is 0 Å². The zero-order valence-electron chi connectivity index (χ0n) is 9.55. The van der Waals surface area contributed by atoms with E-state index < -0.39 is 18.1 Å². The van der Waals surface area contributed by atoms with Gasteiger partial charge in [-0.2, -0.15) is 0 Å². The normalized spacial score (nSPS) is 10.8. The van der Waals surface area contributed by atoms with Crippen LogP contribution in [0, 0.1) is 0 Å². The second-order valence-corrected chi connectivity index (χ2v) is 4.05. The fourth-order valence-electron chi connectivity index (χ4n) is 1.39. The van der Waals surface area contributed by atoms with Gasteiger partial charge in [-0.1, -0.05) is 11.6 Å². The first-order valence-electron chi connectivity index (χ1n) is 5.17. The lowest BCUT2D eigenvalue weighted by Crippen LogP contribution is -2.12. The van der Waals surface area contributed by atoms with Crippen molar-refractivity contribution >= 4 is 29.2 Å². The average Bonchev–Trinajstić information content (AvgIpc) is 2.31. The summed E-state index contributed by atoms with van der Waals surface area (Å²) in [5.41, 5.74) is -0.297. The molecule has 0 amide bonds. The largest absolute Gasteiger partial charge is 0.466 e. The molecule has 7 heteroatoms. The monoisotopic (exact) mass is 297 g/mol. The predicted molar refractivity (Wildman–Crippen MR) is 64.1 cm³/mol. The minimum absolute atomic E-state index is 0.0148. The molecule has 0 aromatic carbocycles. The summed E-state index contributed by atoms with van der Waals surface area (Å²) >= 11 is 11.4. The van der Waals surface area contributed by atoms with Crippen LogP contribution in [0.4, 0.5) is 8.78 Å². The van der Waals surface area contributed by atoms with Crippen molar-refractivity contribution in [2.75, 3.05) is 6.61 Å². The molecule has 1 heterocycles. The van der Waals surface area contributed by atoms with Gasteiger partial charge in [-0.15, -0.1) is 11.6 Å². The molecule has 1 aromatic rings. The minimum atomic E-state index is -2.82. The number of ether oxygens (including phenoxy) is 1. The van der Waals surface area contributed by atoms with Gasteiger partial charge in [-0.05, 0) is 13.0 Å². The first kappa shape index (κ1) is 15.1. The molecule has 0 radical (unpaired) electrons. The molecule has 18 heavy (non-hydrogen) atoms. The van der Waals surface area contributed by atoms with Crippen LogP contribution in [0.15, 0.2) is 6.07 Å². The van der Waals surface area contributed by atoms with Gasteiger partial charge in [0.15, 0.2) is 0 Å². The molecule has 0 N–H and O–H groups in total. The lowest BCUT2D eigenvalue weighted by atomic mass is 10.1. The van der Waals surface area contributed by atoms with Crippen molar-refractivity contribution < 1.29 is 18.3 Å². The van der Waals surface area contributed by atoms with Gasteiger partial charge in [-0.3, -0.25) is 9.78 Å². The summed E-state index contributed by atoms with van der Waals surface area (Å²) in [5.74, 6) is -0.652. The zero-order chi connectivity index (χ0) is 13.7. The molecule has 1 rings (SSSR count). The molecular formula is C11H11Cl2F2NO2. The number of carbonyl (C=O) groups is 1. The molecule has 100 valence electrons. The number of hydrogen-bond donors (Lipinski definition) is 0. The first-order valence-corrected chi connectivity index (χ1v) is 6.08. The number of alkyl halides is 3. The van der Waals surface area contributed by atoms with Crippen LogP contribution < -0.4 is 0 Å². The van der Waals surface area contributed by atoms with E-state index >= 15 is 0 Å². The summed E-state index contributed by atoms with van der Waals surface area (Å²) in [6, 6.07) is 1.37. The predicted octanol–water partition coefficient (Wildman–Crippen LogP) is 3.52. The summed E-state index contributed by atoms with van der Waals surface area (Å²) in [6.45, 7) is 1.80. The first-order chi connectivity index (χ1) is 8.49. The van der Waals surface area contributed by atoms with E-state index in [9.17, 15) is 13.6 Å². The maximum atomic E-state index is 12.8. The molecule has 0 unspecified atom stereocenters. The molecule has 1 aromatic heterocycles. The molecular weight excluding hydrogens is 287 g/mol. The number of carbonyl (C=O) groups excluding carboxylic acids is 1. The van der Waals surface area contributed by atoms with Crippen LogP contribution in [0.3, 0.4) is 0 Å². The fraction of sp³-hybridized carbons (Fsp3) is 0.455. The number of hydrogen-bond acceptors (Lipinski definition) is 3. The van der Waals surface area contributed by atoms with Crippen LogP contribution >= 0.6 is 23.2 Å². The lowest BCUT2D eigenvalue weighted by molar-refractivity contribution is -0.142. The third kappa shape index (κ3) is 3.78. The quantitative estimate of drug-likeness (QED) is 0.617. The molecule has 0 bridgehead atoms. The van der Waals surface area contributed by atoms with Crippen molar-refractivity contribution in [1.82, 2.24) is 4.98 Å². The van der Waals surface area contributed by atoms with E-state index in [1.165, 1.54) is 6.07 Å². The second kappa shape index (κ2) is 6.85. The van der Waals surface area contributed by atoms with Crippen LogP contribution in [-0.4, -0.2) is 17.6 Å². The third-order valence-corrected chi connectivity index (χ3v) is 2.74. The Kier molecular flexibility index (Phi) is 5.75. The Balaban J connectivity index is 3.12.